The summed E-state index contributed by atoms with van der Waals surface area (Å²) in [6.45, 7) is 2.08. The molecule has 6 heteroatoms. The van der Waals surface area contributed by atoms with Gasteiger partial charge in [0.05, 0.1) is 6.04 Å². The monoisotopic (exact) mass is 301 g/mol. The molecule has 0 aliphatic carbocycles. The summed E-state index contributed by atoms with van der Waals surface area (Å²) in [5.74, 6) is 1.11. The van der Waals surface area contributed by atoms with Gasteiger partial charge in [0, 0.05) is 4.47 Å². The van der Waals surface area contributed by atoms with Gasteiger partial charge in [-0.2, -0.15) is 4.98 Å². The van der Waals surface area contributed by atoms with Gasteiger partial charge in [-0.1, -0.05) is 18.5 Å². The van der Waals surface area contributed by atoms with Crippen LogP contribution in [0, 0.1) is 0 Å². The highest BCUT2D eigenvalue weighted by molar-refractivity contribution is 9.10. The Bertz CT molecular complexity index is 468. The van der Waals surface area contributed by atoms with Crippen LogP contribution in [0.25, 0.3) is 10.8 Å². The fraction of sp³-hybridized carbons (Fsp3) is 0.400. The van der Waals surface area contributed by atoms with E-state index < -0.39 is 0 Å². The summed E-state index contributed by atoms with van der Waals surface area (Å²) >= 11 is 4.99. The molecule has 0 fully saturated rings. The van der Waals surface area contributed by atoms with E-state index >= 15 is 0 Å². The standard InChI is InChI=1S/C10H12BrN3OS/c1-2-3-7(12)9-13-10(15-14-9)8-6(11)4-5-16-8/h4-5,7H,2-3,12H2,1H3. The number of nitrogens with zero attached hydrogens (tertiary/aromatic N) is 2. The van der Waals surface area contributed by atoms with Crippen LogP contribution in [0.15, 0.2) is 20.4 Å². The van der Waals surface area contributed by atoms with Crippen molar-refractivity contribution in [2.45, 2.75) is 25.8 Å². The van der Waals surface area contributed by atoms with Crippen LogP contribution >= 0.6 is 27.3 Å². The van der Waals surface area contributed by atoms with Gasteiger partial charge in [-0.3, -0.25) is 0 Å². The van der Waals surface area contributed by atoms with Crippen LogP contribution in [0.4, 0.5) is 0 Å². The van der Waals surface area contributed by atoms with Gasteiger partial charge < -0.3 is 10.3 Å². The number of hydrogen-bond acceptors (Lipinski definition) is 5. The Hall–Kier alpha value is -0.720. The summed E-state index contributed by atoms with van der Waals surface area (Å²) in [5.41, 5.74) is 5.92. The molecule has 0 aromatic carbocycles. The van der Waals surface area contributed by atoms with Gasteiger partial charge >= 0.3 is 0 Å². The van der Waals surface area contributed by atoms with Crippen LogP contribution in [0.3, 0.4) is 0 Å². The summed E-state index contributed by atoms with van der Waals surface area (Å²) in [7, 11) is 0. The fourth-order valence-electron chi connectivity index (χ4n) is 1.36. The molecule has 16 heavy (non-hydrogen) atoms. The zero-order chi connectivity index (χ0) is 11.5. The lowest BCUT2D eigenvalue weighted by Gasteiger charge is -2.02. The SMILES string of the molecule is CCCC(N)c1noc(-c2sccc2Br)n1. The second-order valence-corrected chi connectivity index (χ2v) is 5.22. The van der Waals surface area contributed by atoms with Gasteiger partial charge in [-0.25, -0.2) is 0 Å². The summed E-state index contributed by atoms with van der Waals surface area (Å²) < 4.78 is 6.17. The van der Waals surface area contributed by atoms with Gasteiger partial charge in [-0.05, 0) is 33.8 Å². The third kappa shape index (κ3) is 2.34. The molecule has 0 aliphatic heterocycles. The van der Waals surface area contributed by atoms with E-state index in [9.17, 15) is 0 Å². The van der Waals surface area contributed by atoms with Crippen molar-refractivity contribution >= 4 is 27.3 Å². The van der Waals surface area contributed by atoms with Gasteiger partial charge in [0.1, 0.15) is 4.88 Å². The lowest BCUT2D eigenvalue weighted by Crippen LogP contribution is -2.11. The van der Waals surface area contributed by atoms with Crippen molar-refractivity contribution in [3.05, 3.63) is 21.7 Å². The van der Waals surface area contributed by atoms with Crippen molar-refractivity contribution in [1.82, 2.24) is 10.1 Å². The zero-order valence-corrected chi connectivity index (χ0v) is 11.2. The molecule has 2 aromatic rings. The van der Waals surface area contributed by atoms with Gasteiger partial charge in [0.25, 0.3) is 5.89 Å². The predicted molar refractivity (Wildman–Crippen MR) is 67.1 cm³/mol. The van der Waals surface area contributed by atoms with Crippen LogP contribution < -0.4 is 5.73 Å². The first-order valence-electron chi connectivity index (χ1n) is 5.05. The van der Waals surface area contributed by atoms with E-state index in [1.54, 1.807) is 11.3 Å². The molecular weight excluding hydrogens is 290 g/mol. The lowest BCUT2D eigenvalue weighted by atomic mass is 10.2. The minimum absolute atomic E-state index is 0.138. The normalized spacial score (nSPS) is 12.9. The van der Waals surface area contributed by atoms with E-state index in [1.165, 1.54) is 0 Å². The summed E-state index contributed by atoms with van der Waals surface area (Å²) in [6, 6.07) is 1.82. The van der Waals surface area contributed by atoms with Crippen molar-refractivity contribution < 1.29 is 4.52 Å². The van der Waals surface area contributed by atoms with E-state index in [0.717, 1.165) is 22.2 Å². The molecule has 2 heterocycles. The first kappa shape index (κ1) is 11.8. The Morgan fingerprint density at radius 3 is 3.06 bits per heavy atom. The van der Waals surface area contributed by atoms with Crippen molar-refractivity contribution in [3.63, 3.8) is 0 Å². The highest BCUT2D eigenvalue weighted by atomic mass is 79.9. The molecule has 0 saturated heterocycles. The van der Waals surface area contributed by atoms with Crippen LogP contribution in [0.5, 0.6) is 0 Å². The largest absolute Gasteiger partial charge is 0.333 e. The molecule has 86 valence electrons. The number of thiophene rings is 1. The molecule has 2 aromatic heterocycles. The van der Waals surface area contributed by atoms with Crippen molar-refractivity contribution in [2.75, 3.05) is 0 Å². The van der Waals surface area contributed by atoms with Crippen LogP contribution in [0.2, 0.25) is 0 Å². The summed E-state index contributed by atoms with van der Waals surface area (Å²) in [6.07, 6.45) is 1.87. The third-order valence-corrected chi connectivity index (χ3v) is 4.01. The molecule has 0 radical (unpaired) electrons. The molecule has 1 unspecified atom stereocenters. The second kappa shape index (κ2) is 5.07. The first-order chi connectivity index (χ1) is 7.72. The average molecular weight is 302 g/mol. The minimum Gasteiger partial charge on any atom is -0.333 e. The topological polar surface area (TPSA) is 64.9 Å². The van der Waals surface area contributed by atoms with E-state index in [4.69, 9.17) is 10.3 Å². The maximum atomic E-state index is 5.92. The molecule has 0 aliphatic rings. The maximum Gasteiger partial charge on any atom is 0.269 e. The molecule has 2 rings (SSSR count). The molecule has 0 spiro atoms. The summed E-state index contributed by atoms with van der Waals surface area (Å²) in [5, 5.41) is 5.87. The van der Waals surface area contributed by atoms with E-state index in [1.807, 2.05) is 11.4 Å². The second-order valence-electron chi connectivity index (χ2n) is 3.45. The van der Waals surface area contributed by atoms with Gasteiger partial charge in [-0.15, -0.1) is 11.3 Å². The van der Waals surface area contributed by atoms with E-state index in [-0.39, 0.29) is 6.04 Å². The molecule has 0 saturated carbocycles. The predicted octanol–water partition coefficient (Wildman–Crippen LogP) is 3.36. The van der Waals surface area contributed by atoms with Crippen LogP contribution in [-0.2, 0) is 0 Å². The molecule has 0 amide bonds. The molecular formula is C10H12BrN3OS. The highest BCUT2D eigenvalue weighted by Crippen LogP contribution is 2.32. The van der Waals surface area contributed by atoms with Gasteiger partial charge in [0.2, 0.25) is 0 Å². The summed E-state index contributed by atoms with van der Waals surface area (Å²) in [4.78, 5) is 5.26. The van der Waals surface area contributed by atoms with Crippen LogP contribution in [-0.4, -0.2) is 10.1 Å². The number of rotatable bonds is 4. The lowest BCUT2D eigenvalue weighted by molar-refractivity contribution is 0.414. The van der Waals surface area contributed by atoms with E-state index in [2.05, 4.69) is 33.0 Å². The number of aromatic nitrogens is 2. The Morgan fingerprint density at radius 2 is 2.44 bits per heavy atom. The van der Waals surface area contributed by atoms with E-state index in [0.29, 0.717) is 11.7 Å². The molecule has 1 atom stereocenters. The Kier molecular flexibility index (Phi) is 3.73. The number of halogens is 1. The molecule has 4 nitrogen and oxygen atoms in total. The Balaban J connectivity index is 2.23. The molecule has 0 bridgehead atoms. The number of nitrogens with two attached hydrogens (primary N) is 1. The minimum atomic E-state index is -0.138. The van der Waals surface area contributed by atoms with Crippen LogP contribution in [0.1, 0.15) is 31.6 Å². The Morgan fingerprint density at radius 1 is 1.62 bits per heavy atom. The third-order valence-electron chi connectivity index (χ3n) is 2.18. The van der Waals surface area contributed by atoms with Crippen molar-refractivity contribution in [3.8, 4) is 10.8 Å². The zero-order valence-electron chi connectivity index (χ0n) is 8.81. The van der Waals surface area contributed by atoms with Gasteiger partial charge in [0.15, 0.2) is 5.82 Å². The highest BCUT2D eigenvalue weighted by Gasteiger charge is 2.16. The fourth-order valence-corrected chi connectivity index (χ4v) is 2.83. The Labute approximate surface area is 106 Å². The quantitative estimate of drug-likeness (QED) is 0.940. The molecule has 2 N–H and O–H groups in total. The average Bonchev–Trinajstić information content (AvgIpc) is 2.86. The first-order valence-corrected chi connectivity index (χ1v) is 6.72. The maximum absolute atomic E-state index is 5.92. The van der Waals surface area contributed by atoms with Crippen molar-refractivity contribution in [2.24, 2.45) is 5.73 Å². The van der Waals surface area contributed by atoms with Crippen molar-refractivity contribution in [1.29, 1.82) is 0 Å². The smallest absolute Gasteiger partial charge is 0.269 e. The number of hydrogen-bond donors (Lipinski definition) is 1.